The zero-order chi connectivity index (χ0) is 16.4. The Bertz CT molecular complexity index is 694. The molecule has 0 saturated heterocycles. The Labute approximate surface area is 132 Å². The summed E-state index contributed by atoms with van der Waals surface area (Å²) in [7, 11) is -5.30. The first-order valence-electron chi connectivity index (χ1n) is 5.66. The number of amides is 1. The summed E-state index contributed by atoms with van der Waals surface area (Å²) >= 11 is 2.94. The van der Waals surface area contributed by atoms with E-state index in [2.05, 4.69) is 21.2 Å². The van der Waals surface area contributed by atoms with Gasteiger partial charge in [0.2, 0.25) is 10.0 Å². The maximum absolute atomic E-state index is 13.5. The van der Waals surface area contributed by atoms with Crippen molar-refractivity contribution < 1.29 is 21.8 Å². The van der Waals surface area contributed by atoms with Gasteiger partial charge in [0.25, 0.3) is 5.91 Å². The minimum atomic E-state index is -4.17. The van der Waals surface area contributed by atoms with Crippen LogP contribution in [0.25, 0.3) is 0 Å². The van der Waals surface area contributed by atoms with Crippen molar-refractivity contribution in [1.82, 2.24) is 5.32 Å². The van der Waals surface area contributed by atoms with Crippen molar-refractivity contribution in [2.45, 2.75) is 17.1 Å². The summed E-state index contributed by atoms with van der Waals surface area (Å²) in [4.78, 5) is 11.5. The fourth-order valence-corrected chi connectivity index (χ4v) is 3.43. The van der Waals surface area contributed by atoms with Crippen LogP contribution in [0.4, 0.5) is 4.39 Å². The van der Waals surface area contributed by atoms with Gasteiger partial charge in [0, 0.05) is 28.9 Å². The van der Waals surface area contributed by atoms with Gasteiger partial charge in [0.1, 0.15) is 5.82 Å². The Morgan fingerprint density at radius 3 is 2.57 bits per heavy atom. The number of halogens is 2. The van der Waals surface area contributed by atoms with Gasteiger partial charge in [-0.1, -0.05) is 0 Å². The zero-order valence-electron chi connectivity index (χ0n) is 11.2. The van der Waals surface area contributed by atoms with Crippen molar-refractivity contribution >= 4 is 42.7 Å². The van der Waals surface area contributed by atoms with E-state index in [0.717, 1.165) is 12.1 Å². The van der Waals surface area contributed by atoms with Gasteiger partial charge in [0.15, 0.2) is 0 Å². The van der Waals surface area contributed by atoms with Crippen LogP contribution in [-0.2, 0) is 20.8 Å². The van der Waals surface area contributed by atoms with Gasteiger partial charge in [-0.15, -0.1) is 0 Å². The molecule has 1 rings (SSSR count). The number of rotatable bonds is 5. The highest BCUT2D eigenvalue weighted by Crippen LogP contribution is 2.26. The van der Waals surface area contributed by atoms with Crippen LogP contribution in [0.2, 0.25) is 0 Å². The van der Waals surface area contributed by atoms with Crippen LogP contribution >= 0.6 is 15.9 Å². The highest BCUT2D eigenvalue weighted by atomic mass is 79.9. The van der Waals surface area contributed by atoms with Gasteiger partial charge in [-0.3, -0.25) is 9.00 Å². The highest BCUT2D eigenvalue weighted by molar-refractivity contribution is 9.10. The van der Waals surface area contributed by atoms with E-state index in [1.807, 2.05) is 0 Å². The molecular weight excluding hydrogens is 387 g/mol. The molecule has 1 aromatic carbocycles. The van der Waals surface area contributed by atoms with Crippen LogP contribution in [-0.4, -0.2) is 36.6 Å². The summed E-state index contributed by atoms with van der Waals surface area (Å²) in [6.07, 6.45) is 1.49. The molecule has 3 N–H and O–H groups in total. The van der Waals surface area contributed by atoms with Crippen molar-refractivity contribution in [1.29, 1.82) is 0 Å². The van der Waals surface area contributed by atoms with Gasteiger partial charge in [-0.25, -0.2) is 17.9 Å². The average molecular weight is 401 g/mol. The topological polar surface area (TPSA) is 106 Å². The van der Waals surface area contributed by atoms with Crippen LogP contribution in [0.5, 0.6) is 0 Å². The standard InChI is InChI=1S/C11H14BrFN2O4S2/c1-6(20(2)17)5-15-11(16)8-3-7(13)4-9(10(8)12)21(14,18)19/h3-4,6H,5H2,1-2H3,(H,15,16)(H2,14,18,19). The molecule has 0 aliphatic carbocycles. The lowest BCUT2D eigenvalue weighted by Crippen LogP contribution is -2.33. The fourth-order valence-electron chi connectivity index (χ4n) is 1.39. The minimum Gasteiger partial charge on any atom is -0.351 e. The molecule has 0 saturated carbocycles. The quantitative estimate of drug-likeness (QED) is 0.759. The lowest BCUT2D eigenvalue weighted by atomic mass is 10.2. The number of benzene rings is 1. The largest absolute Gasteiger partial charge is 0.351 e. The van der Waals surface area contributed by atoms with Crippen LogP contribution in [0.3, 0.4) is 0 Å². The zero-order valence-corrected chi connectivity index (χ0v) is 14.4. The van der Waals surface area contributed by atoms with Crippen molar-refractivity contribution in [3.05, 3.63) is 28.0 Å². The molecule has 21 heavy (non-hydrogen) atoms. The first-order chi connectivity index (χ1) is 9.54. The van der Waals surface area contributed by atoms with Crippen LogP contribution in [0.1, 0.15) is 17.3 Å². The fraction of sp³-hybridized carbons (Fsp3) is 0.364. The number of carbonyl (C=O) groups excluding carboxylic acids is 1. The Hall–Kier alpha value is -0.840. The van der Waals surface area contributed by atoms with E-state index in [1.165, 1.54) is 6.26 Å². The number of sulfonamides is 1. The van der Waals surface area contributed by atoms with Gasteiger partial charge in [0.05, 0.1) is 14.9 Å². The van der Waals surface area contributed by atoms with Gasteiger partial charge < -0.3 is 5.32 Å². The molecule has 10 heteroatoms. The normalized spacial score (nSPS) is 14.5. The third kappa shape index (κ3) is 4.83. The van der Waals surface area contributed by atoms with Gasteiger partial charge in [-0.2, -0.15) is 0 Å². The molecule has 2 unspecified atom stereocenters. The lowest BCUT2D eigenvalue weighted by Gasteiger charge is -2.12. The second kappa shape index (κ2) is 6.95. The smallest absolute Gasteiger partial charge is 0.252 e. The summed E-state index contributed by atoms with van der Waals surface area (Å²) in [6.45, 7) is 1.78. The molecule has 118 valence electrons. The molecule has 0 aromatic heterocycles. The third-order valence-corrected chi connectivity index (χ3v) is 6.02. The Balaban J connectivity index is 3.11. The molecule has 0 aliphatic rings. The SMILES string of the molecule is CC(CNC(=O)c1cc(F)cc(S(N)(=O)=O)c1Br)S(C)=O. The first kappa shape index (κ1) is 18.2. The minimum absolute atomic E-state index is 0.107. The van der Waals surface area contributed by atoms with Crippen molar-refractivity contribution in [3.8, 4) is 0 Å². The Morgan fingerprint density at radius 2 is 2.10 bits per heavy atom. The van der Waals surface area contributed by atoms with Crippen molar-refractivity contribution in [2.75, 3.05) is 12.8 Å². The van der Waals surface area contributed by atoms with E-state index in [1.54, 1.807) is 6.92 Å². The maximum Gasteiger partial charge on any atom is 0.252 e. The molecular formula is C11H14BrFN2O4S2. The van der Waals surface area contributed by atoms with Crippen molar-refractivity contribution in [3.63, 3.8) is 0 Å². The molecule has 6 nitrogen and oxygen atoms in total. The third-order valence-electron chi connectivity index (χ3n) is 2.67. The molecule has 0 radical (unpaired) electrons. The molecule has 0 bridgehead atoms. The molecule has 0 fully saturated rings. The molecule has 0 heterocycles. The number of nitrogens with two attached hydrogens (primary N) is 1. The molecule has 0 spiro atoms. The summed E-state index contributed by atoms with van der Waals surface area (Å²) in [5.74, 6) is -1.59. The summed E-state index contributed by atoms with van der Waals surface area (Å²) in [6, 6.07) is 1.61. The number of carbonyl (C=O) groups is 1. The molecule has 1 aromatic rings. The summed E-state index contributed by atoms with van der Waals surface area (Å²) in [5, 5.41) is 7.13. The van der Waals surface area contributed by atoms with Gasteiger partial charge in [-0.05, 0) is 35.0 Å². The van der Waals surface area contributed by atoms with E-state index >= 15 is 0 Å². The summed E-state index contributed by atoms with van der Waals surface area (Å²) in [5.41, 5.74) is -0.201. The van der Waals surface area contributed by atoms with Crippen LogP contribution in [0.15, 0.2) is 21.5 Å². The molecule has 1 amide bonds. The number of hydrogen-bond acceptors (Lipinski definition) is 4. The average Bonchev–Trinajstić information content (AvgIpc) is 2.36. The monoisotopic (exact) mass is 400 g/mol. The second-order valence-corrected chi connectivity index (χ2v) is 8.45. The first-order valence-corrected chi connectivity index (χ1v) is 9.62. The number of nitrogens with one attached hydrogen (secondary N) is 1. The highest BCUT2D eigenvalue weighted by Gasteiger charge is 2.21. The summed E-state index contributed by atoms with van der Waals surface area (Å²) < 4.78 is 47.2. The number of hydrogen-bond donors (Lipinski definition) is 2. The van der Waals surface area contributed by atoms with Crippen LogP contribution in [0, 0.1) is 5.82 Å². The van der Waals surface area contributed by atoms with E-state index < -0.39 is 37.4 Å². The van der Waals surface area contributed by atoms with E-state index in [-0.39, 0.29) is 21.8 Å². The number of primary sulfonamides is 1. The predicted octanol–water partition coefficient (Wildman–Crippen LogP) is 0.732. The van der Waals surface area contributed by atoms with E-state index in [9.17, 15) is 21.8 Å². The molecule has 2 atom stereocenters. The lowest BCUT2D eigenvalue weighted by molar-refractivity contribution is 0.0952. The van der Waals surface area contributed by atoms with Crippen LogP contribution < -0.4 is 10.5 Å². The van der Waals surface area contributed by atoms with E-state index in [0.29, 0.717) is 0 Å². The Kier molecular flexibility index (Phi) is 6.02. The van der Waals surface area contributed by atoms with Crippen molar-refractivity contribution in [2.24, 2.45) is 5.14 Å². The second-order valence-electron chi connectivity index (χ2n) is 4.33. The predicted molar refractivity (Wildman–Crippen MR) is 81.3 cm³/mol. The Morgan fingerprint density at radius 1 is 1.52 bits per heavy atom. The maximum atomic E-state index is 13.5. The van der Waals surface area contributed by atoms with Gasteiger partial charge >= 0.3 is 0 Å². The molecule has 0 aliphatic heterocycles. The van der Waals surface area contributed by atoms with E-state index in [4.69, 9.17) is 5.14 Å².